The predicted molar refractivity (Wildman–Crippen MR) is 176 cm³/mol. The number of phenols is 1. The highest BCUT2D eigenvalue weighted by atomic mass is 16.3. The van der Waals surface area contributed by atoms with Gasteiger partial charge in [0, 0.05) is 26.4 Å². The lowest BCUT2D eigenvalue weighted by atomic mass is 10.00. The average Bonchev–Trinajstić information content (AvgIpc) is 3.04. The van der Waals surface area contributed by atoms with Crippen LogP contribution in [0, 0.1) is 0 Å². The number of likely N-dealkylation sites (N-methyl/N-ethyl adjacent to an activating group) is 1. The van der Waals surface area contributed by atoms with E-state index in [-0.39, 0.29) is 44.1 Å². The van der Waals surface area contributed by atoms with E-state index in [1.807, 2.05) is 42.5 Å². The molecule has 9 N–H and O–H groups in total. The number of carbonyl (C=O) groups excluding carboxylic acids is 5. The van der Waals surface area contributed by atoms with Crippen molar-refractivity contribution in [1.29, 1.82) is 0 Å². The smallest absolute Gasteiger partial charge is 0.243 e. The minimum absolute atomic E-state index is 0.0302. The second-order valence-electron chi connectivity index (χ2n) is 11.4. The minimum atomic E-state index is -1.14. The fourth-order valence-electron chi connectivity index (χ4n) is 5.17. The van der Waals surface area contributed by atoms with Crippen LogP contribution in [-0.4, -0.2) is 90.3 Å². The molecule has 0 radical (unpaired) electrons. The summed E-state index contributed by atoms with van der Waals surface area (Å²) < 4.78 is 0. The number of aromatic hydroxyl groups is 1. The van der Waals surface area contributed by atoms with Crippen LogP contribution in [0.25, 0.3) is 10.8 Å². The van der Waals surface area contributed by atoms with Gasteiger partial charge in [-0.2, -0.15) is 0 Å². The van der Waals surface area contributed by atoms with E-state index in [4.69, 9.17) is 11.5 Å². The third kappa shape index (κ3) is 10.2. The zero-order valence-corrected chi connectivity index (χ0v) is 26.1. The van der Waals surface area contributed by atoms with Crippen molar-refractivity contribution >= 4 is 46.3 Å². The molecule has 0 unspecified atom stereocenters. The molecule has 4 rings (SSSR count). The van der Waals surface area contributed by atoms with Crippen molar-refractivity contribution in [3.63, 3.8) is 0 Å². The van der Waals surface area contributed by atoms with Crippen LogP contribution in [0.5, 0.6) is 5.75 Å². The Labute approximate surface area is 272 Å². The van der Waals surface area contributed by atoms with Crippen LogP contribution in [0.3, 0.4) is 0 Å². The second kappa shape index (κ2) is 16.1. The first-order valence-corrected chi connectivity index (χ1v) is 15.2. The molecule has 3 atom stereocenters. The molecule has 14 nitrogen and oxygen atoms in total. The van der Waals surface area contributed by atoms with Crippen molar-refractivity contribution in [2.24, 2.45) is 16.5 Å². The van der Waals surface area contributed by atoms with Gasteiger partial charge in [0.1, 0.15) is 23.9 Å². The van der Waals surface area contributed by atoms with Crippen LogP contribution < -0.4 is 32.7 Å². The number of hydrogen-bond acceptors (Lipinski definition) is 7. The number of fused-ring (bicyclic) bond motifs is 1. The Morgan fingerprint density at radius 2 is 1.43 bits per heavy atom. The number of benzene rings is 3. The fourth-order valence-corrected chi connectivity index (χ4v) is 5.17. The Hall–Kier alpha value is -5.66. The molecule has 0 aromatic heterocycles. The highest BCUT2D eigenvalue weighted by Crippen LogP contribution is 2.17. The van der Waals surface area contributed by atoms with Crippen LogP contribution in [-0.2, 0) is 36.8 Å². The Morgan fingerprint density at radius 1 is 0.809 bits per heavy atom. The summed E-state index contributed by atoms with van der Waals surface area (Å²) in [5.74, 6) is -3.17. The van der Waals surface area contributed by atoms with E-state index in [9.17, 15) is 29.1 Å². The molecule has 1 saturated heterocycles. The molecule has 47 heavy (non-hydrogen) atoms. The van der Waals surface area contributed by atoms with Gasteiger partial charge < -0.3 is 42.7 Å². The molecule has 0 aliphatic carbocycles. The topological polar surface area (TPSA) is 221 Å². The highest BCUT2D eigenvalue weighted by Gasteiger charge is 2.31. The van der Waals surface area contributed by atoms with Crippen molar-refractivity contribution in [3.05, 3.63) is 77.9 Å². The summed E-state index contributed by atoms with van der Waals surface area (Å²) in [6.07, 6.45) is 0.555. The van der Waals surface area contributed by atoms with Gasteiger partial charge in [0.15, 0.2) is 5.96 Å². The molecule has 248 valence electrons. The van der Waals surface area contributed by atoms with Crippen LogP contribution in [0.2, 0.25) is 0 Å². The second-order valence-corrected chi connectivity index (χ2v) is 11.4. The molecular formula is C33H40N8O6. The Kier molecular flexibility index (Phi) is 11.7. The molecular weight excluding hydrogens is 604 g/mol. The van der Waals surface area contributed by atoms with Crippen LogP contribution in [0.4, 0.5) is 0 Å². The molecule has 1 heterocycles. The molecule has 0 saturated carbocycles. The zero-order valence-electron chi connectivity index (χ0n) is 26.1. The quantitative estimate of drug-likeness (QED) is 0.0953. The molecule has 1 aliphatic rings. The van der Waals surface area contributed by atoms with Gasteiger partial charge in [0.2, 0.25) is 29.5 Å². The summed E-state index contributed by atoms with van der Waals surface area (Å²) in [5.41, 5.74) is 12.3. The lowest BCUT2D eigenvalue weighted by Crippen LogP contribution is -2.57. The number of guanidine groups is 1. The average molecular weight is 645 g/mol. The molecule has 14 heteroatoms. The number of phenolic OH excluding ortho intramolecular Hbond substituents is 1. The monoisotopic (exact) mass is 644 g/mol. The van der Waals surface area contributed by atoms with E-state index in [1.165, 1.54) is 19.2 Å². The van der Waals surface area contributed by atoms with Gasteiger partial charge >= 0.3 is 0 Å². The maximum Gasteiger partial charge on any atom is 0.243 e. The number of nitrogens with one attached hydrogen (secondary N) is 4. The number of aliphatic imine (C=N–C) groups is 1. The van der Waals surface area contributed by atoms with Crippen LogP contribution in [0.15, 0.2) is 71.7 Å². The number of rotatable bonds is 8. The highest BCUT2D eigenvalue weighted by molar-refractivity contribution is 5.96. The Morgan fingerprint density at radius 3 is 2.15 bits per heavy atom. The number of carbonyl (C=O) groups is 5. The molecule has 1 fully saturated rings. The van der Waals surface area contributed by atoms with Crippen molar-refractivity contribution < 1.29 is 29.1 Å². The van der Waals surface area contributed by atoms with Crippen molar-refractivity contribution in [2.45, 2.75) is 43.8 Å². The standard InChI is InChI=1S/C33H40N8O6/c1-41-19-28(43)38-27(16-20-9-12-24(42)13-10-20)32(47)39-25(7-4-14-36-33(34)35)31(46)40-26(30(45)37-18-29(41)44)17-21-8-11-22-5-2-3-6-23(22)15-21/h2-3,5-6,8-13,15,25-27,42H,4,7,14,16-19H2,1H3,(H,37,45)(H,38,43)(H,39,47)(H,40,46)(H4,34,35,36)/t25-,26-,27+/m0/s1. The first-order valence-electron chi connectivity index (χ1n) is 15.2. The number of nitrogens with zero attached hydrogens (tertiary/aromatic N) is 2. The van der Waals surface area contributed by atoms with E-state index in [2.05, 4.69) is 26.3 Å². The minimum Gasteiger partial charge on any atom is -0.508 e. The predicted octanol–water partition coefficient (Wildman–Crippen LogP) is -0.573. The normalized spacial score (nSPS) is 19.9. The van der Waals surface area contributed by atoms with E-state index < -0.39 is 54.2 Å². The van der Waals surface area contributed by atoms with Gasteiger partial charge in [-0.1, -0.05) is 54.6 Å². The molecule has 3 aromatic rings. The largest absolute Gasteiger partial charge is 0.508 e. The third-order valence-electron chi connectivity index (χ3n) is 7.71. The van der Waals surface area contributed by atoms with Crippen LogP contribution >= 0.6 is 0 Å². The Balaban J connectivity index is 1.65. The van der Waals surface area contributed by atoms with Gasteiger partial charge in [-0.05, 0) is 46.9 Å². The van der Waals surface area contributed by atoms with Crippen molar-refractivity contribution in [3.8, 4) is 5.75 Å². The lowest BCUT2D eigenvalue weighted by Gasteiger charge is -2.25. The van der Waals surface area contributed by atoms with Crippen molar-refractivity contribution in [1.82, 2.24) is 26.2 Å². The van der Waals surface area contributed by atoms with Gasteiger partial charge in [0.25, 0.3) is 0 Å². The number of nitrogens with two attached hydrogens (primary N) is 2. The summed E-state index contributed by atoms with van der Waals surface area (Å²) in [6.45, 7) is -0.610. The summed E-state index contributed by atoms with van der Waals surface area (Å²) >= 11 is 0. The van der Waals surface area contributed by atoms with Crippen molar-refractivity contribution in [2.75, 3.05) is 26.7 Å². The molecule has 1 aliphatic heterocycles. The summed E-state index contributed by atoms with van der Waals surface area (Å²) in [6, 6.07) is 16.2. The maximum absolute atomic E-state index is 13.8. The number of hydrogen-bond donors (Lipinski definition) is 7. The molecule has 0 bridgehead atoms. The van der Waals surface area contributed by atoms with Crippen LogP contribution in [0.1, 0.15) is 24.0 Å². The summed E-state index contributed by atoms with van der Waals surface area (Å²) in [5, 5.41) is 22.4. The van der Waals surface area contributed by atoms with Gasteiger partial charge in [-0.3, -0.25) is 29.0 Å². The Bertz CT molecular complexity index is 1640. The lowest BCUT2D eigenvalue weighted by molar-refractivity contribution is -0.136. The zero-order chi connectivity index (χ0) is 33.9. The first kappa shape index (κ1) is 34.2. The summed E-state index contributed by atoms with van der Waals surface area (Å²) in [7, 11) is 1.40. The van der Waals surface area contributed by atoms with Gasteiger partial charge in [-0.25, -0.2) is 0 Å². The molecule has 0 spiro atoms. The summed E-state index contributed by atoms with van der Waals surface area (Å²) in [4.78, 5) is 71.8. The maximum atomic E-state index is 13.8. The molecule has 5 amide bonds. The van der Waals surface area contributed by atoms with Gasteiger partial charge in [-0.15, -0.1) is 0 Å². The SMILES string of the molecule is CN1CC(=O)N[C@H](Cc2ccc(O)cc2)C(=O)N[C@@H](CCCN=C(N)N)C(=O)N[C@@H](Cc2ccc3ccccc3c2)C(=O)NCC1=O. The number of amides is 5. The van der Waals surface area contributed by atoms with E-state index in [0.29, 0.717) is 12.0 Å². The fraction of sp³-hybridized carbons (Fsp3) is 0.333. The van der Waals surface area contributed by atoms with E-state index in [0.717, 1.165) is 21.2 Å². The van der Waals surface area contributed by atoms with E-state index in [1.54, 1.807) is 12.1 Å². The van der Waals surface area contributed by atoms with E-state index >= 15 is 0 Å². The molecule has 3 aromatic carbocycles. The first-order chi connectivity index (χ1) is 22.5. The third-order valence-corrected chi connectivity index (χ3v) is 7.71. The van der Waals surface area contributed by atoms with Gasteiger partial charge in [0.05, 0.1) is 13.1 Å².